The first-order chi connectivity index (χ1) is 9.15. The normalized spacial score (nSPS) is 12.4. The average molecular weight is 298 g/mol. The summed E-state index contributed by atoms with van der Waals surface area (Å²) < 4.78 is 26.6. The maximum absolute atomic E-state index is 12.6. The van der Waals surface area contributed by atoms with Crippen LogP contribution in [0.5, 0.6) is 0 Å². The van der Waals surface area contributed by atoms with Gasteiger partial charge in [0.2, 0.25) is 10.0 Å². The lowest BCUT2D eigenvalue weighted by Gasteiger charge is -2.26. The van der Waals surface area contributed by atoms with Crippen molar-refractivity contribution in [3.05, 3.63) is 24.3 Å². The second-order valence-electron chi connectivity index (χ2n) is 6.29. The van der Waals surface area contributed by atoms with Crippen molar-refractivity contribution in [1.29, 1.82) is 0 Å². The van der Waals surface area contributed by atoms with Crippen LogP contribution in [0.4, 0.5) is 11.4 Å². The third-order valence-electron chi connectivity index (χ3n) is 3.03. The van der Waals surface area contributed by atoms with E-state index in [2.05, 4.69) is 0 Å². The Morgan fingerprint density at radius 3 is 2.40 bits per heavy atom. The van der Waals surface area contributed by atoms with Gasteiger partial charge in [0.15, 0.2) is 0 Å². The van der Waals surface area contributed by atoms with Crippen LogP contribution in [0.3, 0.4) is 0 Å². The molecule has 1 aromatic rings. The first kappa shape index (κ1) is 16.8. The fraction of sp³-hybridized carbons (Fsp3) is 0.600. The van der Waals surface area contributed by atoms with Crippen molar-refractivity contribution in [1.82, 2.24) is 0 Å². The van der Waals surface area contributed by atoms with Gasteiger partial charge >= 0.3 is 0 Å². The summed E-state index contributed by atoms with van der Waals surface area (Å²) in [6.07, 6.45) is 1.40. The third kappa shape index (κ3) is 5.04. The molecule has 0 radical (unpaired) electrons. The summed E-state index contributed by atoms with van der Waals surface area (Å²) in [6.45, 7) is 8.60. The van der Waals surface area contributed by atoms with E-state index < -0.39 is 10.0 Å². The van der Waals surface area contributed by atoms with Crippen molar-refractivity contribution >= 4 is 21.4 Å². The van der Waals surface area contributed by atoms with Crippen LogP contribution in [0.15, 0.2) is 24.3 Å². The summed E-state index contributed by atoms with van der Waals surface area (Å²) in [6, 6.07) is 7.05. The highest BCUT2D eigenvalue weighted by Crippen LogP contribution is 2.25. The van der Waals surface area contributed by atoms with E-state index in [1.807, 2.05) is 27.7 Å². The maximum Gasteiger partial charge on any atom is 0.235 e. The topological polar surface area (TPSA) is 63.4 Å². The lowest BCUT2D eigenvalue weighted by atomic mass is 9.94. The zero-order valence-corrected chi connectivity index (χ0v) is 13.7. The fourth-order valence-electron chi connectivity index (χ4n) is 1.86. The number of nitrogen functional groups attached to an aromatic ring is 1. The van der Waals surface area contributed by atoms with Gasteiger partial charge in [-0.3, -0.25) is 4.31 Å². The number of nitrogens with zero attached hydrogens (tertiary/aromatic N) is 1. The van der Waals surface area contributed by atoms with Crippen LogP contribution in [-0.2, 0) is 10.0 Å². The molecule has 0 fully saturated rings. The van der Waals surface area contributed by atoms with Gasteiger partial charge < -0.3 is 5.73 Å². The molecule has 0 spiro atoms. The first-order valence-corrected chi connectivity index (χ1v) is 8.62. The quantitative estimate of drug-likeness (QED) is 0.820. The molecule has 0 unspecified atom stereocenters. The Bertz CT molecular complexity index is 533. The van der Waals surface area contributed by atoms with Crippen molar-refractivity contribution in [2.24, 2.45) is 5.41 Å². The number of nitrogens with two attached hydrogens (primary N) is 1. The number of hydrogen-bond donors (Lipinski definition) is 1. The van der Waals surface area contributed by atoms with E-state index in [9.17, 15) is 8.42 Å². The van der Waals surface area contributed by atoms with Gasteiger partial charge in [0.05, 0.1) is 11.4 Å². The zero-order chi connectivity index (χ0) is 15.4. The monoisotopic (exact) mass is 298 g/mol. The van der Waals surface area contributed by atoms with E-state index in [-0.39, 0.29) is 11.2 Å². The molecule has 0 aromatic heterocycles. The Balaban J connectivity index is 3.01. The first-order valence-electron chi connectivity index (χ1n) is 7.02. The lowest BCUT2D eigenvalue weighted by molar-refractivity contribution is 0.397. The van der Waals surface area contributed by atoms with Crippen LogP contribution in [0.2, 0.25) is 0 Å². The number of sulfonamides is 1. The third-order valence-corrected chi connectivity index (χ3v) is 4.82. The summed E-state index contributed by atoms with van der Waals surface area (Å²) in [5.41, 5.74) is 6.99. The molecule has 0 aliphatic heterocycles. The highest BCUT2D eigenvalue weighted by atomic mass is 32.2. The van der Waals surface area contributed by atoms with Gasteiger partial charge in [0.25, 0.3) is 0 Å². The van der Waals surface area contributed by atoms with Crippen LogP contribution in [-0.4, -0.2) is 20.7 Å². The van der Waals surface area contributed by atoms with Gasteiger partial charge in [0.1, 0.15) is 0 Å². The predicted molar refractivity (Wildman–Crippen MR) is 86.4 cm³/mol. The van der Waals surface area contributed by atoms with E-state index in [0.717, 1.165) is 6.42 Å². The minimum Gasteiger partial charge on any atom is -0.399 e. The predicted octanol–water partition coefficient (Wildman–Crippen LogP) is 3.25. The molecule has 20 heavy (non-hydrogen) atoms. The molecule has 0 saturated heterocycles. The summed E-state index contributed by atoms with van der Waals surface area (Å²) in [5.74, 6) is 0.158. The summed E-state index contributed by atoms with van der Waals surface area (Å²) in [5, 5.41) is 0. The zero-order valence-electron chi connectivity index (χ0n) is 12.9. The van der Waals surface area contributed by atoms with Crippen LogP contribution >= 0.6 is 0 Å². The molecule has 0 aliphatic rings. The van der Waals surface area contributed by atoms with E-state index in [1.165, 1.54) is 4.31 Å². The van der Waals surface area contributed by atoms with E-state index >= 15 is 0 Å². The minimum atomic E-state index is -3.31. The smallest absolute Gasteiger partial charge is 0.235 e. The molecule has 0 atom stereocenters. The lowest BCUT2D eigenvalue weighted by Crippen LogP contribution is -2.34. The molecule has 114 valence electrons. The van der Waals surface area contributed by atoms with Crippen LogP contribution in [0.1, 0.15) is 40.5 Å². The van der Waals surface area contributed by atoms with Gasteiger partial charge in [-0.25, -0.2) is 8.42 Å². The number of hydrogen-bond acceptors (Lipinski definition) is 3. The van der Waals surface area contributed by atoms with Crippen LogP contribution < -0.4 is 10.0 Å². The summed E-state index contributed by atoms with van der Waals surface area (Å²) >= 11 is 0. The highest BCUT2D eigenvalue weighted by molar-refractivity contribution is 7.92. The molecule has 0 saturated carbocycles. The van der Waals surface area contributed by atoms with E-state index in [0.29, 0.717) is 24.3 Å². The maximum atomic E-state index is 12.6. The number of benzene rings is 1. The second-order valence-corrected chi connectivity index (χ2v) is 8.31. The molecule has 4 nitrogen and oxygen atoms in total. The SMILES string of the molecule is CCCN(c1cccc(N)c1)S(=O)(=O)CCC(C)(C)C. The van der Waals surface area contributed by atoms with Gasteiger partial charge in [-0.05, 0) is 36.5 Å². The highest BCUT2D eigenvalue weighted by Gasteiger charge is 2.24. The van der Waals surface area contributed by atoms with Crippen molar-refractivity contribution < 1.29 is 8.42 Å². The number of rotatable bonds is 6. The van der Waals surface area contributed by atoms with Crippen molar-refractivity contribution in [2.45, 2.75) is 40.5 Å². The van der Waals surface area contributed by atoms with Gasteiger partial charge in [-0.15, -0.1) is 0 Å². The Hall–Kier alpha value is -1.23. The largest absolute Gasteiger partial charge is 0.399 e. The molecule has 2 N–H and O–H groups in total. The molecule has 0 bridgehead atoms. The molecule has 5 heteroatoms. The molecule has 0 aliphatic carbocycles. The van der Waals surface area contributed by atoms with Gasteiger partial charge in [-0.1, -0.05) is 33.8 Å². The van der Waals surface area contributed by atoms with E-state index in [1.54, 1.807) is 24.3 Å². The van der Waals surface area contributed by atoms with Gasteiger partial charge in [0, 0.05) is 12.2 Å². The Morgan fingerprint density at radius 2 is 1.90 bits per heavy atom. The average Bonchev–Trinajstić information content (AvgIpc) is 2.32. The fourth-order valence-corrected chi connectivity index (χ4v) is 3.84. The molecular formula is C15H26N2O2S. The standard InChI is InChI=1S/C15H26N2O2S/c1-5-10-17(14-8-6-7-13(16)12-14)20(18,19)11-9-15(2,3)4/h6-8,12H,5,9-11,16H2,1-4H3. The molecule has 0 amide bonds. The second kappa shape index (κ2) is 6.48. The van der Waals surface area contributed by atoms with Crippen molar-refractivity contribution in [3.63, 3.8) is 0 Å². The Morgan fingerprint density at radius 1 is 1.25 bits per heavy atom. The molecular weight excluding hydrogens is 272 g/mol. The van der Waals surface area contributed by atoms with Crippen molar-refractivity contribution in [2.75, 3.05) is 22.3 Å². The molecule has 0 heterocycles. The Labute approximate surface area is 123 Å². The van der Waals surface area contributed by atoms with Crippen LogP contribution in [0.25, 0.3) is 0 Å². The summed E-state index contributed by atoms with van der Waals surface area (Å²) in [7, 11) is -3.31. The number of anilines is 2. The molecule has 1 aromatic carbocycles. The van der Waals surface area contributed by atoms with Crippen molar-refractivity contribution in [3.8, 4) is 0 Å². The van der Waals surface area contributed by atoms with Gasteiger partial charge in [-0.2, -0.15) is 0 Å². The van der Waals surface area contributed by atoms with Crippen LogP contribution in [0, 0.1) is 5.41 Å². The summed E-state index contributed by atoms with van der Waals surface area (Å²) in [4.78, 5) is 0. The molecule has 1 rings (SSSR count). The minimum absolute atomic E-state index is 0.000665. The Kier molecular flexibility index (Phi) is 5.45. The van der Waals surface area contributed by atoms with E-state index in [4.69, 9.17) is 5.73 Å².